The van der Waals surface area contributed by atoms with Crippen LogP contribution in [0.3, 0.4) is 0 Å². The van der Waals surface area contributed by atoms with Crippen LogP contribution in [0.25, 0.3) is 0 Å². The summed E-state index contributed by atoms with van der Waals surface area (Å²) in [5.41, 5.74) is 1.21. The Hall–Kier alpha value is -1.98. The second-order valence-electron chi connectivity index (χ2n) is 6.13. The molecule has 0 radical (unpaired) electrons. The summed E-state index contributed by atoms with van der Waals surface area (Å²) in [5.74, 6) is -5.56. The van der Waals surface area contributed by atoms with Gasteiger partial charge in [0.05, 0.1) is 32.2 Å². The average Bonchev–Trinajstić information content (AvgIpc) is 2.98. The zero-order valence-corrected chi connectivity index (χ0v) is 13.2. The Balaban J connectivity index is 1.73. The molecule has 1 aliphatic heterocycles. The van der Waals surface area contributed by atoms with E-state index in [1.54, 1.807) is 55.6 Å². The molecule has 24 heavy (non-hydrogen) atoms. The molecule has 5 heteroatoms. The summed E-state index contributed by atoms with van der Waals surface area (Å²) in [7, 11) is 1.56. The largest absolute Gasteiger partial charge is 0.497 e. The Morgan fingerprint density at radius 1 is 0.958 bits per heavy atom. The first-order valence-electron chi connectivity index (χ1n) is 7.95. The van der Waals surface area contributed by atoms with E-state index in [9.17, 15) is 8.78 Å². The summed E-state index contributed by atoms with van der Waals surface area (Å²) < 4.78 is 46.1. The maximum Gasteiger partial charge on any atom is 0.264 e. The number of benzene rings is 2. The molecule has 1 heterocycles. The molecule has 126 valence electrons. The molecule has 0 N–H and O–H groups in total. The second-order valence-corrected chi connectivity index (χ2v) is 6.13. The molecule has 2 aromatic carbocycles. The van der Waals surface area contributed by atoms with Gasteiger partial charge in [-0.1, -0.05) is 30.3 Å². The predicted molar refractivity (Wildman–Crippen MR) is 84.2 cm³/mol. The van der Waals surface area contributed by atoms with E-state index >= 15 is 0 Å². The van der Waals surface area contributed by atoms with Gasteiger partial charge in [-0.05, 0) is 29.8 Å². The van der Waals surface area contributed by atoms with Crippen molar-refractivity contribution < 1.29 is 23.0 Å². The summed E-state index contributed by atoms with van der Waals surface area (Å²) in [6.07, 6.45) is 0. The first-order chi connectivity index (χ1) is 11.6. The van der Waals surface area contributed by atoms with Crippen molar-refractivity contribution in [3.8, 4) is 5.75 Å². The third-order valence-electron chi connectivity index (χ3n) is 4.83. The summed E-state index contributed by atoms with van der Waals surface area (Å²) >= 11 is 0. The Labute approximate surface area is 139 Å². The Morgan fingerprint density at radius 3 is 2.17 bits per heavy atom. The van der Waals surface area contributed by atoms with E-state index in [0.717, 1.165) is 0 Å². The van der Waals surface area contributed by atoms with E-state index in [1.807, 2.05) is 6.07 Å². The van der Waals surface area contributed by atoms with E-state index in [4.69, 9.17) is 14.2 Å². The lowest BCUT2D eigenvalue weighted by atomic mass is 9.97. The van der Waals surface area contributed by atoms with Crippen LogP contribution in [0.5, 0.6) is 5.75 Å². The van der Waals surface area contributed by atoms with Gasteiger partial charge in [0.15, 0.2) is 0 Å². The number of hydrogen-bond donors (Lipinski definition) is 0. The zero-order valence-electron chi connectivity index (χ0n) is 13.2. The molecule has 2 aliphatic rings. The maximum absolute atomic E-state index is 14.7. The van der Waals surface area contributed by atoms with Crippen molar-refractivity contribution >= 4 is 0 Å². The van der Waals surface area contributed by atoms with Crippen molar-refractivity contribution in [2.24, 2.45) is 5.92 Å². The lowest BCUT2D eigenvalue weighted by molar-refractivity contribution is -0.198. The van der Waals surface area contributed by atoms with Gasteiger partial charge in [0.1, 0.15) is 5.75 Å². The lowest BCUT2D eigenvalue weighted by Gasteiger charge is -2.28. The predicted octanol–water partition coefficient (Wildman–Crippen LogP) is 3.94. The average molecular weight is 332 g/mol. The van der Waals surface area contributed by atoms with Crippen LogP contribution in [-0.2, 0) is 15.3 Å². The maximum atomic E-state index is 14.7. The molecule has 4 rings (SSSR count). The molecule has 1 aliphatic carbocycles. The number of ether oxygens (including phenoxy) is 3. The van der Waals surface area contributed by atoms with Crippen molar-refractivity contribution in [1.82, 2.24) is 0 Å². The van der Waals surface area contributed by atoms with E-state index in [2.05, 4.69) is 0 Å². The van der Waals surface area contributed by atoms with Crippen molar-refractivity contribution in [1.29, 1.82) is 0 Å². The molecule has 2 unspecified atom stereocenters. The van der Waals surface area contributed by atoms with Crippen LogP contribution >= 0.6 is 0 Å². The van der Waals surface area contributed by atoms with Crippen molar-refractivity contribution in [2.75, 3.05) is 20.3 Å². The van der Waals surface area contributed by atoms with Gasteiger partial charge >= 0.3 is 0 Å². The third kappa shape index (κ3) is 2.23. The highest BCUT2D eigenvalue weighted by Crippen LogP contribution is 2.69. The van der Waals surface area contributed by atoms with Crippen molar-refractivity contribution in [3.63, 3.8) is 0 Å². The highest BCUT2D eigenvalue weighted by Gasteiger charge is 2.78. The Morgan fingerprint density at radius 2 is 1.58 bits per heavy atom. The summed E-state index contributed by atoms with van der Waals surface area (Å²) in [6, 6.07) is 15.8. The van der Waals surface area contributed by atoms with Gasteiger partial charge in [-0.3, -0.25) is 0 Å². The molecule has 3 nitrogen and oxygen atoms in total. The highest BCUT2D eigenvalue weighted by molar-refractivity contribution is 5.39. The first-order valence-corrected chi connectivity index (χ1v) is 7.95. The summed E-state index contributed by atoms with van der Waals surface area (Å²) in [4.78, 5) is 0. The SMILES string of the molecule is COc1ccc(C2(C3C(c4ccccc4)C3(F)F)OCCO2)cc1. The monoisotopic (exact) mass is 332 g/mol. The van der Waals surface area contributed by atoms with E-state index in [0.29, 0.717) is 30.1 Å². The van der Waals surface area contributed by atoms with Gasteiger partial charge < -0.3 is 14.2 Å². The zero-order chi connectivity index (χ0) is 16.8. The summed E-state index contributed by atoms with van der Waals surface area (Å²) in [6.45, 7) is 0.611. The van der Waals surface area contributed by atoms with Crippen LogP contribution in [0.4, 0.5) is 8.78 Å². The normalized spacial score (nSPS) is 27.0. The number of halogens is 2. The van der Waals surface area contributed by atoms with Crippen LogP contribution in [0.15, 0.2) is 54.6 Å². The molecule has 2 fully saturated rings. The Bertz CT molecular complexity index is 709. The smallest absolute Gasteiger partial charge is 0.264 e. The molecule has 1 saturated carbocycles. The third-order valence-corrected chi connectivity index (χ3v) is 4.83. The van der Waals surface area contributed by atoms with Crippen LogP contribution in [0.2, 0.25) is 0 Å². The highest BCUT2D eigenvalue weighted by atomic mass is 19.3. The van der Waals surface area contributed by atoms with Gasteiger partial charge in [-0.25, -0.2) is 8.78 Å². The molecule has 0 amide bonds. The van der Waals surface area contributed by atoms with Crippen LogP contribution in [-0.4, -0.2) is 26.2 Å². The van der Waals surface area contributed by atoms with Gasteiger partial charge in [-0.15, -0.1) is 0 Å². The molecule has 1 saturated heterocycles. The van der Waals surface area contributed by atoms with Gasteiger partial charge in [0.2, 0.25) is 5.79 Å². The summed E-state index contributed by atoms with van der Waals surface area (Å²) in [5, 5.41) is 0. The molecule has 0 spiro atoms. The van der Waals surface area contributed by atoms with E-state index in [1.165, 1.54) is 0 Å². The quantitative estimate of drug-likeness (QED) is 0.849. The molecule has 0 bridgehead atoms. The number of alkyl halides is 2. The minimum Gasteiger partial charge on any atom is -0.497 e. The number of hydrogen-bond acceptors (Lipinski definition) is 3. The van der Waals surface area contributed by atoms with Crippen LogP contribution in [0, 0.1) is 5.92 Å². The molecule has 0 aromatic heterocycles. The molecule has 2 aromatic rings. The van der Waals surface area contributed by atoms with Crippen molar-refractivity contribution in [2.45, 2.75) is 17.6 Å². The Kier molecular flexibility index (Phi) is 3.58. The lowest BCUT2D eigenvalue weighted by Crippen LogP contribution is -2.32. The number of methoxy groups -OCH3 is 1. The number of rotatable bonds is 4. The van der Waals surface area contributed by atoms with Crippen LogP contribution < -0.4 is 4.74 Å². The fraction of sp³-hybridized carbons (Fsp3) is 0.368. The molecular formula is C19H18F2O3. The fourth-order valence-corrected chi connectivity index (χ4v) is 3.65. The van der Waals surface area contributed by atoms with Gasteiger partial charge in [0.25, 0.3) is 5.92 Å². The van der Waals surface area contributed by atoms with E-state index in [-0.39, 0.29) is 0 Å². The molecular weight excluding hydrogens is 314 g/mol. The topological polar surface area (TPSA) is 27.7 Å². The second kappa shape index (κ2) is 5.53. The first kappa shape index (κ1) is 15.5. The van der Waals surface area contributed by atoms with Gasteiger partial charge in [0, 0.05) is 5.56 Å². The minimum absolute atomic E-state index is 0.306. The fourth-order valence-electron chi connectivity index (χ4n) is 3.65. The van der Waals surface area contributed by atoms with E-state index < -0.39 is 23.5 Å². The standard InChI is InChI=1S/C19H18F2O3/c1-22-15-9-7-14(8-10-15)19(23-11-12-24-19)17-16(18(17,20)21)13-5-3-2-4-6-13/h2-10,16-17H,11-12H2,1H3. The van der Waals surface area contributed by atoms with Crippen LogP contribution in [0.1, 0.15) is 17.0 Å². The van der Waals surface area contributed by atoms with Crippen molar-refractivity contribution in [3.05, 3.63) is 65.7 Å². The minimum atomic E-state index is -2.87. The van der Waals surface area contributed by atoms with Gasteiger partial charge in [-0.2, -0.15) is 0 Å². The molecule has 2 atom stereocenters.